The number of carbonyl (C=O) groups is 1. The van der Waals surface area contributed by atoms with E-state index in [9.17, 15) is 9.59 Å². The Labute approximate surface area is 198 Å². The van der Waals surface area contributed by atoms with Gasteiger partial charge in [0.2, 0.25) is 0 Å². The minimum atomic E-state index is -0.479. The highest BCUT2D eigenvalue weighted by molar-refractivity contribution is 8.02. The molecule has 1 aliphatic rings. The topological polar surface area (TPSA) is 61.2 Å². The third-order valence-electron chi connectivity index (χ3n) is 4.54. The zero-order valence-corrected chi connectivity index (χ0v) is 20.6. The van der Waals surface area contributed by atoms with Gasteiger partial charge in [0.25, 0.3) is 5.56 Å². The molecule has 0 fully saturated rings. The molecule has 0 bridgehead atoms. The highest BCUT2D eigenvalue weighted by atomic mass is 32.2. The van der Waals surface area contributed by atoms with Gasteiger partial charge in [0, 0.05) is 5.92 Å². The minimum absolute atomic E-state index is 0.0129. The number of esters is 1. The van der Waals surface area contributed by atoms with Gasteiger partial charge in [-0.3, -0.25) is 14.2 Å². The fourth-order valence-electron chi connectivity index (χ4n) is 3.06. The minimum Gasteiger partial charge on any atom is -0.468 e. The van der Waals surface area contributed by atoms with Gasteiger partial charge in [-0.15, -0.1) is 6.58 Å². The second-order valence-corrected chi connectivity index (χ2v) is 9.15. The number of fused-ring (bicyclic) bond motifs is 1. The molecule has 0 aliphatic carbocycles. The molecule has 32 heavy (non-hydrogen) atoms. The van der Waals surface area contributed by atoms with Crippen LogP contribution in [0.4, 0.5) is 0 Å². The standard InChI is InChI=1S/C22H24N2O3S2.C3H6/c1-4-5-7-10-16-13-14-28-19-18(16)20(25)24(17-11-8-6-9-12-17)22(23-19)29-15(2)21(26)27-3;1-3-2/h5-9,11-16H,4,10H2,1-3H3;3H,1H2,2H3/b7-5-;. The van der Waals surface area contributed by atoms with E-state index in [2.05, 4.69) is 31.7 Å². The normalized spacial score (nSPS) is 15.4. The summed E-state index contributed by atoms with van der Waals surface area (Å²) in [4.78, 5) is 30.4. The number of benzene rings is 1. The predicted molar refractivity (Wildman–Crippen MR) is 135 cm³/mol. The van der Waals surface area contributed by atoms with Gasteiger partial charge in [0.1, 0.15) is 10.3 Å². The van der Waals surface area contributed by atoms with Crippen molar-refractivity contribution in [2.45, 2.75) is 55.0 Å². The fourth-order valence-corrected chi connectivity index (χ4v) is 4.97. The molecule has 0 saturated carbocycles. The smallest absolute Gasteiger partial charge is 0.318 e. The summed E-state index contributed by atoms with van der Waals surface area (Å²) in [7, 11) is 1.36. The van der Waals surface area contributed by atoms with E-state index in [1.807, 2.05) is 42.7 Å². The monoisotopic (exact) mass is 470 g/mol. The zero-order valence-electron chi connectivity index (χ0n) is 19.0. The van der Waals surface area contributed by atoms with Crippen LogP contribution < -0.4 is 5.56 Å². The van der Waals surface area contributed by atoms with E-state index in [1.54, 1.807) is 17.6 Å². The van der Waals surface area contributed by atoms with Crippen molar-refractivity contribution in [2.24, 2.45) is 0 Å². The molecular weight excluding hydrogens is 440 g/mol. The molecule has 3 rings (SSSR count). The maximum atomic E-state index is 13.6. The molecule has 1 aromatic carbocycles. The van der Waals surface area contributed by atoms with Crippen molar-refractivity contribution in [2.75, 3.05) is 7.11 Å². The fraction of sp³-hybridized carbons (Fsp3) is 0.320. The summed E-state index contributed by atoms with van der Waals surface area (Å²) in [5.74, 6) is -0.363. The number of methoxy groups -OCH3 is 1. The van der Waals surface area contributed by atoms with Crippen LogP contribution in [0, 0.1) is 0 Å². The molecule has 1 aromatic heterocycles. The van der Waals surface area contributed by atoms with Gasteiger partial charge in [-0.05, 0) is 44.2 Å². The first kappa shape index (κ1) is 25.7. The highest BCUT2D eigenvalue weighted by Crippen LogP contribution is 2.36. The SMILES string of the molecule is C=CC.CC/C=C\CC1C=CSc2nc(SC(C)C(=O)OC)n(-c3ccccc3)c(=O)c21. The Kier molecular flexibility index (Phi) is 10.6. The van der Waals surface area contributed by atoms with Crippen LogP contribution in [-0.4, -0.2) is 27.9 Å². The van der Waals surface area contributed by atoms with Gasteiger partial charge >= 0.3 is 5.97 Å². The third kappa shape index (κ3) is 6.50. The van der Waals surface area contributed by atoms with Crippen molar-refractivity contribution in [1.29, 1.82) is 0 Å². The van der Waals surface area contributed by atoms with Gasteiger partial charge < -0.3 is 4.74 Å². The van der Waals surface area contributed by atoms with Crippen molar-refractivity contribution in [3.05, 3.63) is 82.5 Å². The lowest BCUT2D eigenvalue weighted by Gasteiger charge is -2.22. The van der Waals surface area contributed by atoms with Gasteiger partial charge in [-0.2, -0.15) is 0 Å². The number of aromatic nitrogens is 2. The molecule has 0 N–H and O–H groups in total. The third-order valence-corrected chi connectivity index (χ3v) is 6.39. The lowest BCUT2D eigenvalue weighted by molar-refractivity contribution is -0.139. The average Bonchev–Trinajstić information content (AvgIpc) is 2.80. The maximum Gasteiger partial charge on any atom is 0.318 e. The summed E-state index contributed by atoms with van der Waals surface area (Å²) >= 11 is 2.68. The van der Waals surface area contributed by atoms with Crippen LogP contribution in [0.5, 0.6) is 0 Å². The van der Waals surface area contributed by atoms with Crippen LogP contribution in [-0.2, 0) is 9.53 Å². The maximum absolute atomic E-state index is 13.6. The molecule has 2 heterocycles. The van der Waals surface area contributed by atoms with E-state index < -0.39 is 5.25 Å². The Hall–Kier alpha value is -2.51. The second-order valence-electron chi connectivity index (χ2n) is 6.95. The Morgan fingerprint density at radius 3 is 2.66 bits per heavy atom. The summed E-state index contributed by atoms with van der Waals surface area (Å²) in [6.07, 6.45) is 9.76. The molecule has 0 spiro atoms. The zero-order chi connectivity index (χ0) is 23.5. The molecule has 2 aromatic rings. The highest BCUT2D eigenvalue weighted by Gasteiger charge is 2.27. The molecule has 5 nitrogen and oxygen atoms in total. The number of hydrogen-bond acceptors (Lipinski definition) is 6. The second kappa shape index (κ2) is 13.1. The first-order valence-electron chi connectivity index (χ1n) is 10.5. The lowest BCUT2D eigenvalue weighted by atomic mass is 9.97. The number of carbonyl (C=O) groups excluding carboxylic acids is 1. The van der Waals surface area contributed by atoms with Crippen LogP contribution in [0.1, 0.15) is 45.1 Å². The van der Waals surface area contributed by atoms with Crippen LogP contribution >= 0.6 is 23.5 Å². The van der Waals surface area contributed by atoms with Crippen LogP contribution in [0.2, 0.25) is 0 Å². The molecule has 1 aliphatic heterocycles. The number of allylic oxidation sites excluding steroid dienone is 4. The van der Waals surface area contributed by atoms with Crippen molar-refractivity contribution in [3.63, 3.8) is 0 Å². The summed E-state index contributed by atoms with van der Waals surface area (Å²) in [6.45, 7) is 9.09. The van der Waals surface area contributed by atoms with Gasteiger partial charge in [-0.25, -0.2) is 4.98 Å². The number of para-hydroxylation sites is 1. The average molecular weight is 471 g/mol. The van der Waals surface area contributed by atoms with Crippen LogP contribution in [0.25, 0.3) is 5.69 Å². The molecule has 170 valence electrons. The summed E-state index contributed by atoms with van der Waals surface area (Å²) in [6, 6.07) is 9.42. The van der Waals surface area contributed by atoms with Gasteiger partial charge in [0.05, 0.1) is 18.4 Å². The van der Waals surface area contributed by atoms with Crippen molar-refractivity contribution < 1.29 is 9.53 Å². The van der Waals surface area contributed by atoms with E-state index >= 15 is 0 Å². The Balaban J connectivity index is 0.00000114. The van der Waals surface area contributed by atoms with E-state index in [0.717, 1.165) is 18.5 Å². The van der Waals surface area contributed by atoms with Crippen LogP contribution in [0.15, 0.2) is 81.6 Å². The first-order valence-corrected chi connectivity index (χ1v) is 12.3. The van der Waals surface area contributed by atoms with E-state index in [4.69, 9.17) is 9.72 Å². The summed E-state index contributed by atoms with van der Waals surface area (Å²) in [5.41, 5.74) is 1.35. The number of thioether (sulfide) groups is 2. The van der Waals surface area contributed by atoms with Crippen molar-refractivity contribution in [3.8, 4) is 5.69 Å². The number of ether oxygens (including phenoxy) is 1. The summed E-state index contributed by atoms with van der Waals surface area (Å²) in [5, 5.41) is 2.71. The number of rotatable bonds is 7. The molecule has 0 amide bonds. The van der Waals surface area contributed by atoms with Gasteiger partial charge in [-0.1, -0.05) is 73.0 Å². The van der Waals surface area contributed by atoms with Crippen molar-refractivity contribution >= 4 is 29.5 Å². The molecular formula is C25H30N2O3S2. The largest absolute Gasteiger partial charge is 0.468 e. The predicted octanol–water partition coefficient (Wildman–Crippen LogP) is 6.14. The van der Waals surface area contributed by atoms with Gasteiger partial charge in [0.15, 0.2) is 5.16 Å². The lowest BCUT2D eigenvalue weighted by Crippen LogP contribution is -2.29. The number of hydrogen-bond donors (Lipinski definition) is 0. The Morgan fingerprint density at radius 2 is 2.03 bits per heavy atom. The molecule has 7 heteroatoms. The quantitative estimate of drug-likeness (QED) is 0.159. The van der Waals surface area contributed by atoms with E-state index in [1.165, 1.54) is 30.6 Å². The molecule has 2 atom stereocenters. The Bertz CT molecular complexity index is 1030. The molecule has 2 unspecified atom stereocenters. The first-order chi connectivity index (χ1) is 15.5. The molecule has 0 saturated heterocycles. The van der Waals surface area contributed by atoms with E-state index in [0.29, 0.717) is 15.7 Å². The van der Waals surface area contributed by atoms with Crippen LogP contribution in [0.3, 0.4) is 0 Å². The summed E-state index contributed by atoms with van der Waals surface area (Å²) < 4.78 is 6.46. The number of nitrogens with zero attached hydrogens (tertiary/aromatic N) is 2. The molecule has 0 radical (unpaired) electrons. The van der Waals surface area contributed by atoms with Crippen molar-refractivity contribution in [1.82, 2.24) is 9.55 Å². The van der Waals surface area contributed by atoms with E-state index in [-0.39, 0.29) is 17.4 Å². The Morgan fingerprint density at radius 1 is 1.34 bits per heavy atom.